The molecule has 2 N–H and O–H groups in total. The molecule has 15 heavy (non-hydrogen) atoms. The van der Waals surface area contributed by atoms with Gasteiger partial charge in [0.15, 0.2) is 0 Å². The Balaban J connectivity index is 2.28. The van der Waals surface area contributed by atoms with Gasteiger partial charge in [-0.15, -0.1) is 0 Å². The molecule has 0 bridgehead atoms. The molecule has 0 aromatic heterocycles. The minimum absolute atomic E-state index is 0.223. The molecule has 0 fully saturated rings. The van der Waals surface area contributed by atoms with Gasteiger partial charge in [-0.25, -0.2) is 0 Å². The number of benzene rings is 1. The Kier molecular flexibility index (Phi) is 5.13. The number of aryl methyl sites for hydroxylation is 2. The van der Waals surface area contributed by atoms with Crippen LogP contribution in [-0.4, -0.2) is 6.04 Å². The summed E-state index contributed by atoms with van der Waals surface area (Å²) in [6.07, 6.45) is 7.45. The summed E-state index contributed by atoms with van der Waals surface area (Å²) in [5.41, 5.74) is 8.62. The van der Waals surface area contributed by atoms with Crippen molar-refractivity contribution in [2.45, 2.75) is 39.2 Å². The van der Waals surface area contributed by atoms with Crippen LogP contribution in [0, 0.1) is 6.92 Å². The molecule has 1 aromatic rings. The van der Waals surface area contributed by atoms with Gasteiger partial charge in [0.1, 0.15) is 0 Å². The Hall–Kier alpha value is -1.08. The molecule has 1 aromatic carbocycles. The van der Waals surface area contributed by atoms with Crippen LogP contribution in [0.4, 0.5) is 0 Å². The van der Waals surface area contributed by atoms with E-state index in [9.17, 15) is 0 Å². The summed E-state index contributed by atoms with van der Waals surface area (Å²) in [6, 6.07) is 8.97. The Bertz CT molecular complexity index is 298. The molecule has 0 aliphatic rings. The van der Waals surface area contributed by atoms with Crippen LogP contribution in [0.3, 0.4) is 0 Å². The van der Waals surface area contributed by atoms with E-state index in [0.29, 0.717) is 0 Å². The second-order valence-corrected chi connectivity index (χ2v) is 4.07. The highest BCUT2D eigenvalue weighted by atomic mass is 14.6. The highest BCUT2D eigenvalue weighted by Crippen LogP contribution is 2.08. The van der Waals surface area contributed by atoms with E-state index in [4.69, 9.17) is 5.73 Å². The van der Waals surface area contributed by atoms with Crippen LogP contribution >= 0.6 is 0 Å². The monoisotopic (exact) mass is 203 g/mol. The smallest absolute Gasteiger partial charge is 0.0223 e. The zero-order valence-corrected chi connectivity index (χ0v) is 9.74. The minimum Gasteiger partial charge on any atom is -0.324 e. The van der Waals surface area contributed by atoms with Gasteiger partial charge < -0.3 is 5.73 Å². The molecule has 0 aliphatic heterocycles. The highest BCUT2D eigenvalue weighted by Gasteiger charge is 1.98. The topological polar surface area (TPSA) is 26.0 Å². The quantitative estimate of drug-likeness (QED) is 0.731. The van der Waals surface area contributed by atoms with Crippen molar-refractivity contribution in [2.75, 3.05) is 0 Å². The van der Waals surface area contributed by atoms with Crippen LogP contribution in [0.1, 0.15) is 30.9 Å². The molecule has 0 amide bonds. The van der Waals surface area contributed by atoms with Crippen molar-refractivity contribution in [3.8, 4) is 0 Å². The second kappa shape index (κ2) is 6.41. The van der Waals surface area contributed by atoms with E-state index in [1.54, 1.807) is 0 Å². The second-order valence-electron chi connectivity index (χ2n) is 4.07. The summed E-state index contributed by atoms with van der Waals surface area (Å²) in [5, 5.41) is 0. The summed E-state index contributed by atoms with van der Waals surface area (Å²) in [7, 11) is 0. The molecule has 0 radical (unpaired) electrons. The summed E-state index contributed by atoms with van der Waals surface area (Å²) < 4.78 is 0. The van der Waals surface area contributed by atoms with Crippen LogP contribution in [0.5, 0.6) is 0 Å². The number of hydrogen-bond acceptors (Lipinski definition) is 1. The SMILES string of the molecule is CC=CC(N)CCCc1ccc(C)cc1. The molecule has 0 aliphatic carbocycles. The molecule has 0 spiro atoms. The van der Waals surface area contributed by atoms with E-state index in [1.807, 2.05) is 13.0 Å². The minimum atomic E-state index is 0.223. The fourth-order valence-corrected chi connectivity index (χ4v) is 1.64. The largest absolute Gasteiger partial charge is 0.324 e. The highest BCUT2D eigenvalue weighted by molar-refractivity contribution is 5.21. The van der Waals surface area contributed by atoms with Gasteiger partial charge in [0.2, 0.25) is 0 Å². The predicted octanol–water partition coefficient (Wildman–Crippen LogP) is 3.22. The summed E-state index contributed by atoms with van der Waals surface area (Å²) in [4.78, 5) is 0. The van der Waals surface area contributed by atoms with Gasteiger partial charge in [0.05, 0.1) is 0 Å². The van der Waals surface area contributed by atoms with Crippen molar-refractivity contribution in [1.82, 2.24) is 0 Å². The van der Waals surface area contributed by atoms with E-state index in [0.717, 1.165) is 19.3 Å². The van der Waals surface area contributed by atoms with Gasteiger partial charge in [0, 0.05) is 6.04 Å². The number of rotatable bonds is 5. The van der Waals surface area contributed by atoms with Gasteiger partial charge >= 0.3 is 0 Å². The van der Waals surface area contributed by atoms with Crippen LogP contribution in [-0.2, 0) is 6.42 Å². The maximum absolute atomic E-state index is 5.89. The zero-order chi connectivity index (χ0) is 11.1. The van der Waals surface area contributed by atoms with E-state index in [-0.39, 0.29) is 6.04 Å². The Labute approximate surface area is 93.0 Å². The fourth-order valence-electron chi connectivity index (χ4n) is 1.64. The molecule has 1 heteroatoms. The number of nitrogens with two attached hydrogens (primary N) is 1. The molecular weight excluding hydrogens is 182 g/mol. The van der Waals surface area contributed by atoms with E-state index < -0.39 is 0 Å². The van der Waals surface area contributed by atoms with Crippen LogP contribution < -0.4 is 5.73 Å². The van der Waals surface area contributed by atoms with Crippen molar-refractivity contribution in [3.05, 3.63) is 47.5 Å². The third-order valence-corrected chi connectivity index (χ3v) is 2.56. The van der Waals surface area contributed by atoms with Crippen LogP contribution in [0.2, 0.25) is 0 Å². The van der Waals surface area contributed by atoms with Gasteiger partial charge in [-0.1, -0.05) is 42.0 Å². The molecule has 1 rings (SSSR count). The third-order valence-electron chi connectivity index (χ3n) is 2.56. The van der Waals surface area contributed by atoms with E-state index >= 15 is 0 Å². The van der Waals surface area contributed by atoms with Crippen molar-refractivity contribution < 1.29 is 0 Å². The normalized spacial score (nSPS) is 13.3. The lowest BCUT2D eigenvalue weighted by molar-refractivity contribution is 0.666. The summed E-state index contributed by atoms with van der Waals surface area (Å²) in [5.74, 6) is 0. The first kappa shape index (κ1) is 12.0. The first-order valence-electron chi connectivity index (χ1n) is 5.66. The Morgan fingerprint density at radius 2 is 1.93 bits per heavy atom. The average molecular weight is 203 g/mol. The van der Waals surface area contributed by atoms with Crippen LogP contribution in [0.25, 0.3) is 0 Å². The number of allylic oxidation sites excluding steroid dienone is 1. The van der Waals surface area contributed by atoms with E-state index in [1.165, 1.54) is 11.1 Å². The maximum atomic E-state index is 5.89. The maximum Gasteiger partial charge on any atom is 0.0223 e. The molecule has 1 atom stereocenters. The zero-order valence-electron chi connectivity index (χ0n) is 9.74. The molecular formula is C14H21N. The predicted molar refractivity (Wildman–Crippen MR) is 66.9 cm³/mol. The standard InChI is InChI=1S/C14H21N/c1-3-5-14(15)7-4-6-13-10-8-12(2)9-11-13/h3,5,8-11,14H,4,6-7,15H2,1-2H3. The molecule has 1 unspecified atom stereocenters. The van der Waals surface area contributed by atoms with Crippen molar-refractivity contribution >= 4 is 0 Å². The fraction of sp³-hybridized carbons (Fsp3) is 0.429. The van der Waals surface area contributed by atoms with E-state index in [2.05, 4.69) is 37.3 Å². The van der Waals surface area contributed by atoms with Gasteiger partial charge in [-0.2, -0.15) is 0 Å². The van der Waals surface area contributed by atoms with Crippen LogP contribution in [0.15, 0.2) is 36.4 Å². The lowest BCUT2D eigenvalue weighted by Crippen LogP contribution is -2.16. The van der Waals surface area contributed by atoms with Crippen molar-refractivity contribution in [1.29, 1.82) is 0 Å². The molecule has 82 valence electrons. The van der Waals surface area contributed by atoms with Crippen molar-refractivity contribution in [2.24, 2.45) is 5.73 Å². The Morgan fingerprint density at radius 3 is 2.53 bits per heavy atom. The average Bonchev–Trinajstić information content (AvgIpc) is 2.21. The molecule has 1 nitrogen and oxygen atoms in total. The summed E-state index contributed by atoms with van der Waals surface area (Å²) >= 11 is 0. The lowest BCUT2D eigenvalue weighted by atomic mass is 10.0. The Morgan fingerprint density at radius 1 is 1.27 bits per heavy atom. The van der Waals surface area contributed by atoms with Crippen molar-refractivity contribution in [3.63, 3.8) is 0 Å². The van der Waals surface area contributed by atoms with Gasteiger partial charge in [-0.05, 0) is 38.7 Å². The molecule has 0 heterocycles. The molecule has 0 saturated heterocycles. The van der Waals surface area contributed by atoms with Gasteiger partial charge in [0.25, 0.3) is 0 Å². The lowest BCUT2D eigenvalue weighted by Gasteiger charge is -2.06. The number of hydrogen-bond donors (Lipinski definition) is 1. The van der Waals surface area contributed by atoms with Gasteiger partial charge in [-0.3, -0.25) is 0 Å². The summed E-state index contributed by atoms with van der Waals surface area (Å²) in [6.45, 7) is 4.13. The third kappa shape index (κ3) is 4.80. The first-order chi connectivity index (χ1) is 7.22. The first-order valence-corrected chi connectivity index (χ1v) is 5.66. The molecule has 0 saturated carbocycles.